The Morgan fingerprint density at radius 3 is 1.97 bits per heavy atom. The fraction of sp³-hybridized carbons (Fsp3) is 0.125. The molecule has 0 aliphatic carbocycles. The average Bonchev–Trinajstić information content (AvgIpc) is 2.81. The van der Waals surface area contributed by atoms with Crippen molar-refractivity contribution in [2.75, 3.05) is 13.2 Å². The third-order valence-electron chi connectivity index (χ3n) is 4.34. The number of hydrogen-bond donors (Lipinski definition) is 2. The van der Waals surface area contributed by atoms with Crippen LogP contribution in [0.15, 0.2) is 84.9 Å². The van der Waals surface area contributed by atoms with E-state index in [4.69, 9.17) is 4.74 Å². The van der Waals surface area contributed by atoms with Gasteiger partial charge in [-0.2, -0.15) is 0 Å². The van der Waals surface area contributed by atoms with E-state index in [2.05, 4.69) is 10.6 Å². The fourth-order valence-corrected chi connectivity index (χ4v) is 2.74. The Morgan fingerprint density at radius 2 is 1.30 bits per heavy atom. The molecule has 152 valence electrons. The second-order valence-corrected chi connectivity index (χ2v) is 6.55. The molecule has 3 aromatic carbocycles. The van der Waals surface area contributed by atoms with Crippen LogP contribution < -0.4 is 10.6 Å². The summed E-state index contributed by atoms with van der Waals surface area (Å²) in [4.78, 5) is 35.7. The van der Waals surface area contributed by atoms with Gasteiger partial charge in [-0.25, -0.2) is 0 Å². The van der Waals surface area contributed by atoms with Gasteiger partial charge in [0.15, 0.2) is 6.61 Å². The molecular weight excluding hydrogens is 380 g/mol. The summed E-state index contributed by atoms with van der Waals surface area (Å²) in [7, 11) is 0. The van der Waals surface area contributed by atoms with E-state index in [1.807, 2.05) is 72.8 Å². The molecule has 3 aromatic rings. The van der Waals surface area contributed by atoms with Gasteiger partial charge in [-0.15, -0.1) is 0 Å². The molecule has 0 saturated heterocycles. The lowest BCUT2D eigenvalue weighted by atomic mass is 10.0. The van der Waals surface area contributed by atoms with Crippen LogP contribution in [0.1, 0.15) is 15.9 Å². The number of carbonyl (C=O) groups is 3. The number of ether oxygens (including phenoxy) is 1. The summed E-state index contributed by atoms with van der Waals surface area (Å²) in [5.41, 5.74) is 3.43. The third-order valence-corrected chi connectivity index (χ3v) is 4.34. The molecule has 0 spiro atoms. The molecule has 3 rings (SSSR count). The number of hydrogen-bond acceptors (Lipinski definition) is 4. The normalized spacial score (nSPS) is 10.1. The molecule has 0 unspecified atom stereocenters. The highest BCUT2D eigenvalue weighted by Crippen LogP contribution is 2.19. The highest BCUT2D eigenvalue weighted by Gasteiger charge is 2.11. The van der Waals surface area contributed by atoms with E-state index in [0.29, 0.717) is 12.1 Å². The lowest BCUT2D eigenvalue weighted by molar-refractivity contribution is -0.147. The summed E-state index contributed by atoms with van der Waals surface area (Å²) in [5, 5.41) is 5.15. The summed E-state index contributed by atoms with van der Waals surface area (Å²) < 4.78 is 4.89. The number of nitrogens with one attached hydrogen (secondary N) is 2. The van der Waals surface area contributed by atoms with Gasteiger partial charge in [0.25, 0.3) is 11.8 Å². The Bertz CT molecular complexity index is 987. The van der Waals surface area contributed by atoms with E-state index in [1.54, 1.807) is 12.1 Å². The largest absolute Gasteiger partial charge is 0.454 e. The smallest absolute Gasteiger partial charge is 0.325 e. The van der Waals surface area contributed by atoms with Crippen LogP contribution in [0, 0.1) is 0 Å². The maximum atomic E-state index is 12.2. The van der Waals surface area contributed by atoms with Crippen molar-refractivity contribution in [3.63, 3.8) is 0 Å². The van der Waals surface area contributed by atoms with Crippen molar-refractivity contribution in [2.45, 2.75) is 6.54 Å². The topological polar surface area (TPSA) is 84.5 Å². The first-order valence-corrected chi connectivity index (χ1v) is 9.52. The van der Waals surface area contributed by atoms with Gasteiger partial charge in [0, 0.05) is 12.1 Å². The highest BCUT2D eigenvalue weighted by molar-refractivity contribution is 5.96. The number of rotatable bonds is 8. The molecule has 0 aliphatic heterocycles. The zero-order valence-electron chi connectivity index (χ0n) is 16.3. The van der Waals surface area contributed by atoms with Crippen LogP contribution in [0.4, 0.5) is 0 Å². The SMILES string of the molecule is O=C(COC(=O)CNC(=O)c1ccc(-c2ccccc2)cc1)NCc1ccccc1. The van der Waals surface area contributed by atoms with E-state index in [0.717, 1.165) is 16.7 Å². The molecule has 0 fully saturated rings. The molecule has 6 nitrogen and oxygen atoms in total. The molecule has 2 N–H and O–H groups in total. The number of benzene rings is 3. The molecule has 0 radical (unpaired) electrons. The second-order valence-electron chi connectivity index (χ2n) is 6.55. The number of amides is 2. The maximum absolute atomic E-state index is 12.2. The van der Waals surface area contributed by atoms with Crippen LogP contribution in [0.5, 0.6) is 0 Å². The van der Waals surface area contributed by atoms with Gasteiger partial charge in [-0.1, -0.05) is 72.8 Å². The molecule has 30 heavy (non-hydrogen) atoms. The van der Waals surface area contributed by atoms with Crippen molar-refractivity contribution in [2.24, 2.45) is 0 Å². The van der Waals surface area contributed by atoms with Gasteiger partial charge >= 0.3 is 5.97 Å². The monoisotopic (exact) mass is 402 g/mol. The Hall–Kier alpha value is -3.93. The van der Waals surface area contributed by atoms with Crippen LogP contribution in [0.3, 0.4) is 0 Å². The molecule has 0 aliphatic rings. The van der Waals surface area contributed by atoms with Crippen molar-refractivity contribution in [1.82, 2.24) is 10.6 Å². The van der Waals surface area contributed by atoms with Crippen LogP contribution >= 0.6 is 0 Å². The fourth-order valence-electron chi connectivity index (χ4n) is 2.74. The van der Waals surface area contributed by atoms with Crippen molar-refractivity contribution in [1.29, 1.82) is 0 Å². The summed E-state index contributed by atoms with van der Waals surface area (Å²) in [6.45, 7) is -0.356. The van der Waals surface area contributed by atoms with E-state index >= 15 is 0 Å². The quantitative estimate of drug-likeness (QED) is 0.568. The molecule has 0 saturated carbocycles. The summed E-state index contributed by atoms with van der Waals surface area (Å²) in [6.07, 6.45) is 0. The van der Waals surface area contributed by atoms with Gasteiger partial charge in [0.1, 0.15) is 6.54 Å². The van der Waals surface area contributed by atoms with Gasteiger partial charge in [-0.3, -0.25) is 14.4 Å². The summed E-state index contributed by atoms with van der Waals surface area (Å²) in [5.74, 6) is -1.48. The molecule has 0 atom stereocenters. The van der Waals surface area contributed by atoms with Gasteiger partial charge in [0.05, 0.1) is 0 Å². The Balaban J connectivity index is 1.39. The standard InChI is InChI=1S/C24H22N2O4/c27-22(25-15-18-7-3-1-4-8-18)17-30-23(28)16-26-24(29)21-13-11-20(12-14-21)19-9-5-2-6-10-19/h1-14H,15-17H2,(H,25,27)(H,26,29). The second kappa shape index (κ2) is 10.6. The van der Waals surface area contributed by atoms with Gasteiger partial charge in [-0.05, 0) is 28.8 Å². The first-order valence-electron chi connectivity index (χ1n) is 9.52. The lowest BCUT2D eigenvalue weighted by Crippen LogP contribution is -2.33. The van der Waals surface area contributed by atoms with Crippen molar-refractivity contribution in [3.8, 4) is 11.1 Å². The minimum Gasteiger partial charge on any atom is -0.454 e. The molecule has 0 aromatic heterocycles. The van der Waals surface area contributed by atoms with Crippen LogP contribution in [-0.2, 0) is 20.9 Å². The lowest BCUT2D eigenvalue weighted by Gasteiger charge is -2.08. The average molecular weight is 402 g/mol. The minimum atomic E-state index is -0.681. The van der Waals surface area contributed by atoms with Gasteiger partial charge < -0.3 is 15.4 Å². The predicted molar refractivity (Wildman–Crippen MR) is 113 cm³/mol. The molecule has 6 heteroatoms. The van der Waals surface area contributed by atoms with E-state index in [9.17, 15) is 14.4 Å². The van der Waals surface area contributed by atoms with Crippen molar-refractivity contribution < 1.29 is 19.1 Å². The van der Waals surface area contributed by atoms with Crippen LogP contribution in [-0.4, -0.2) is 30.9 Å². The first kappa shape index (κ1) is 20.8. The number of carbonyl (C=O) groups excluding carboxylic acids is 3. The first-order chi connectivity index (χ1) is 14.6. The van der Waals surface area contributed by atoms with E-state index in [-0.39, 0.29) is 12.5 Å². The highest BCUT2D eigenvalue weighted by atomic mass is 16.5. The Morgan fingerprint density at radius 1 is 0.700 bits per heavy atom. The number of esters is 1. The van der Waals surface area contributed by atoms with Gasteiger partial charge in [0.2, 0.25) is 0 Å². The van der Waals surface area contributed by atoms with Crippen LogP contribution in [0.2, 0.25) is 0 Å². The molecule has 0 bridgehead atoms. The van der Waals surface area contributed by atoms with E-state index < -0.39 is 18.5 Å². The maximum Gasteiger partial charge on any atom is 0.325 e. The minimum absolute atomic E-state index is 0.314. The zero-order valence-corrected chi connectivity index (χ0v) is 16.3. The van der Waals surface area contributed by atoms with Crippen molar-refractivity contribution >= 4 is 17.8 Å². The molecular formula is C24H22N2O4. The zero-order chi connectivity index (χ0) is 21.2. The van der Waals surface area contributed by atoms with Crippen molar-refractivity contribution in [3.05, 3.63) is 96.1 Å². The molecule has 0 heterocycles. The Kier molecular flexibility index (Phi) is 7.33. The van der Waals surface area contributed by atoms with Crippen LogP contribution in [0.25, 0.3) is 11.1 Å². The Labute approximate surface area is 174 Å². The summed E-state index contributed by atoms with van der Waals surface area (Å²) >= 11 is 0. The third kappa shape index (κ3) is 6.31. The van der Waals surface area contributed by atoms with E-state index in [1.165, 1.54) is 0 Å². The summed E-state index contributed by atoms with van der Waals surface area (Å²) in [6, 6.07) is 26.3. The predicted octanol–water partition coefficient (Wildman–Crippen LogP) is 2.94. The molecule has 2 amide bonds.